The van der Waals surface area contributed by atoms with E-state index in [2.05, 4.69) is 11.9 Å². The summed E-state index contributed by atoms with van der Waals surface area (Å²) in [5.74, 6) is 0. The van der Waals surface area contributed by atoms with Gasteiger partial charge in [0, 0.05) is 12.6 Å². The van der Waals surface area contributed by atoms with Gasteiger partial charge < -0.3 is 10.4 Å². The molecule has 0 aromatic heterocycles. The molecule has 0 radical (unpaired) electrons. The number of rotatable bonds is 5. The van der Waals surface area contributed by atoms with Crippen molar-refractivity contribution in [2.75, 3.05) is 6.54 Å². The summed E-state index contributed by atoms with van der Waals surface area (Å²) in [7, 11) is 0. The van der Waals surface area contributed by atoms with Gasteiger partial charge in [-0.25, -0.2) is 0 Å². The zero-order chi connectivity index (χ0) is 11.3. The Hall–Kier alpha value is -1.12. The average molecular weight is 205 g/mol. The van der Waals surface area contributed by atoms with Gasteiger partial charge in [-0.1, -0.05) is 36.4 Å². The number of nitrogens with one attached hydrogen (secondary N) is 1. The van der Waals surface area contributed by atoms with Crippen molar-refractivity contribution in [2.45, 2.75) is 25.5 Å². The summed E-state index contributed by atoms with van der Waals surface area (Å²) in [5, 5.41) is 13.4. The standard InChI is InChI=1S/C13H19NO/c1-4-11(2)14-10-13(3,15)12-8-6-5-7-9-12/h4-9,11,14-15H,1,10H2,2-3H3. The fourth-order valence-electron chi connectivity index (χ4n) is 1.34. The predicted molar refractivity (Wildman–Crippen MR) is 63.7 cm³/mol. The van der Waals surface area contributed by atoms with E-state index in [0.29, 0.717) is 6.54 Å². The van der Waals surface area contributed by atoms with Crippen molar-refractivity contribution < 1.29 is 5.11 Å². The minimum atomic E-state index is -0.835. The molecule has 1 rings (SSSR count). The van der Waals surface area contributed by atoms with E-state index in [-0.39, 0.29) is 6.04 Å². The number of aliphatic hydroxyl groups is 1. The van der Waals surface area contributed by atoms with Crippen LogP contribution >= 0.6 is 0 Å². The van der Waals surface area contributed by atoms with Crippen molar-refractivity contribution in [1.82, 2.24) is 5.32 Å². The van der Waals surface area contributed by atoms with E-state index in [1.54, 1.807) is 0 Å². The Morgan fingerprint density at radius 3 is 2.60 bits per heavy atom. The Morgan fingerprint density at radius 2 is 2.07 bits per heavy atom. The third-order valence-corrected chi connectivity index (χ3v) is 2.52. The van der Waals surface area contributed by atoms with Crippen molar-refractivity contribution >= 4 is 0 Å². The van der Waals surface area contributed by atoms with E-state index < -0.39 is 5.60 Å². The summed E-state index contributed by atoms with van der Waals surface area (Å²) in [5.41, 5.74) is 0.0900. The summed E-state index contributed by atoms with van der Waals surface area (Å²) in [6, 6.07) is 9.88. The minimum Gasteiger partial charge on any atom is -0.384 e. The third-order valence-electron chi connectivity index (χ3n) is 2.52. The van der Waals surface area contributed by atoms with Crippen LogP contribution in [0.1, 0.15) is 19.4 Å². The highest BCUT2D eigenvalue weighted by Crippen LogP contribution is 2.18. The quantitative estimate of drug-likeness (QED) is 0.721. The lowest BCUT2D eigenvalue weighted by Crippen LogP contribution is -2.38. The fraction of sp³-hybridized carbons (Fsp3) is 0.385. The van der Waals surface area contributed by atoms with Crippen LogP contribution < -0.4 is 5.32 Å². The molecule has 0 amide bonds. The monoisotopic (exact) mass is 205 g/mol. The van der Waals surface area contributed by atoms with Crippen LogP contribution in [0.3, 0.4) is 0 Å². The van der Waals surface area contributed by atoms with Gasteiger partial charge in [-0.3, -0.25) is 0 Å². The molecule has 2 heteroatoms. The van der Waals surface area contributed by atoms with E-state index in [1.807, 2.05) is 50.3 Å². The molecule has 0 aliphatic carbocycles. The summed E-state index contributed by atoms with van der Waals surface area (Å²) >= 11 is 0. The summed E-state index contributed by atoms with van der Waals surface area (Å²) < 4.78 is 0. The molecule has 1 aromatic carbocycles. The van der Waals surface area contributed by atoms with E-state index in [4.69, 9.17) is 0 Å². The topological polar surface area (TPSA) is 32.3 Å². The van der Waals surface area contributed by atoms with E-state index in [1.165, 1.54) is 0 Å². The molecule has 2 unspecified atom stereocenters. The molecule has 15 heavy (non-hydrogen) atoms. The van der Waals surface area contributed by atoms with Crippen LogP contribution in [-0.2, 0) is 5.60 Å². The molecule has 2 nitrogen and oxygen atoms in total. The first-order valence-electron chi connectivity index (χ1n) is 5.20. The molecule has 0 saturated heterocycles. The molecule has 0 fully saturated rings. The molecule has 0 aliphatic heterocycles. The Bertz CT molecular complexity index is 306. The normalized spacial score (nSPS) is 16.7. The van der Waals surface area contributed by atoms with Gasteiger partial charge in [0.1, 0.15) is 0 Å². The van der Waals surface area contributed by atoms with Gasteiger partial charge in [0.25, 0.3) is 0 Å². The van der Waals surface area contributed by atoms with Crippen molar-refractivity contribution in [3.8, 4) is 0 Å². The zero-order valence-electron chi connectivity index (χ0n) is 9.40. The van der Waals surface area contributed by atoms with Crippen molar-refractivity contribution in [3.63, 3.8) is 0 Å². The largest absolute Gasteiger partial charge is 0.384 e. The Morgan fingerprint density at radius 1 is 1.47 bits per heavy atom. The highest BCUT2D eigenvalue weighted by molar-refractivity contribution is 5.21. The van der Waals surface area contributed by atoms with Crippen LogP contribution in [0.4, 0.5) is 0 Å². The average Bonchev–Trinajstić information content (AvgIpc) is 2.27. The van der Waals surface area contributed by atoms with E-state index in [9.17, 15) is 5.11 Å². The zero-order valence-corrected chi connectivity index (χ0v) is 9.40. The van der Waals surface area contributed by atoms with Gasteiger partial charge in [0.2, 0.25) is 0 Å². The molecular formula is C13H19NO. The Balaban J connectivity index is 2.63. The van der Waals surface area contributed by atoms with E-state index in [0.717, 1.165) is 5.56 Å². The smallest absolute Gasteiger partial charge is 0.0992 e. The molecule has 0 aliphatic rings. The first-order chi connectivity index (χ1) is 7.06. The molecule has 0 saturated carbocycles. The van der Waals surface area contributed by atoms with Crippen molar-refractivity contribution in [3.05, 3.63) is 48.6 Å². The van der Waals surface area contributed by atoms with Crippen LogP contribution in [0.2, 0.25) is 0 Å². The maximum Gasteiger partial charge on any atom is 0.0992 e. The first kappa shape index (κ1) is 12.0. The minimum absolute atomic E-state index is 0.209. The van der Waals surface area contributed by atoms with Crippen molar-refractivity contribution in [1.29, 1.82) is 0 Å². The second-order valence-electron chi connectivity index (χ2n) is 4.05. The SMILES string of the molecule is C=CC(C)NCC(C)(O)c1ccccc1. The van der Waals surface area contributed by atoms with Crippen molar-refractivity contribution in [2.24, 2.45) is 0 Å². The van der Waals surface area contributed by atoms with Gasteiger partial charge in [-0.15, -0.1) is 6.58 Å². The maximum absolute atomic E-state index is 10.2. The molecule has 0 heterocycles. The molecule has 1 aromatic rings. The molecule has 2 atom stereocenters. The van der Waals surface area contributed by atoms with Crippen LogP contribution in [-0.4, -0.2) is 17.7 Å². The van der Waals surface area contributed by atoms with Gasteiger partial charge >= 0.3 is 0 Å². The van der Waals surface area contributed by atoms with Gasteiger partial charge in [0.15, 0.2) is 0 Å². The molecule has 0 bridgehead atoms. The summed E-state index contributed by atoms with van der Waals surface area (Å²) in [4.78, 5) is 0. The maximum atomic E-state index is 10.2. The predicted octanol–water partition coefficient (Wildman–Crippen LogP) is 2.06. The van der Waals surface area contributed by atoms with Crippen LogP contribution in [0.25, 0.3) is 0 Å². The number of hydrogen-bond acceptors (Lipinski definition) is 2. The highest BCUT2D eigenvalue weighted by Gasteiger charge is 2.22. The second kappa shape index (κ2) is 5.10. The Kier molecular flexibility index (Phi) is 4.06. The summed E-state index contributed by atoms with van der Waals surface area (Å²) in [6.45, 7) is 8.03. The molecular weight excluding hydrogens is 186 g/mol. The third kappa shape index (κ3) is 3.50. The summed E-state index contributed by atoms with van der Waals surface area (Å²) in [6.07, 6.45) is 1.82. The highest BCUT2D eigenvalue weighted by atomic mass is 16.3. The van der Waals surface area contributed by atoms with Gasteiger partial charge in [-0.05, 0) is 19.4 Å². The number of hydrogen-bond donors (Lipinski definition) is 2. The van der Waals surface area contributed by atoms with Crippen LogP contribution in [0.15, 0.2) is 43.0 Å². The van der Waals surface area contributed by atoms with Crippen LogP contribution in [0, 0.1) is 0 Å². The lowest BCUT2D eigenvalue weighted by Gasteiger charge is -2.25. The molecule has 82 valence electrons. The number of benzene rings is 1. The second-order valence-corrected chi connectivity index (χ2v) is 4.05. The lowest BCUT2D eigenvalue weighted by molar-refractivity contribution is 0.0558. The fourth-order valence-corrected chi connectivity index (χ4v) is 1.34. The van der Waals surface area contributed by atoms with Gasteiger partial charge in [0.05, 0.1) is 5.60 Å². The molecule has 0 spiro atoms. The first-order valence-corrected chi connectivity index (χ1v) is 5.20. The molecule has 2 N–H and O–H groups in total. The lowest BCUT2D eigenvalue weighted by atomic mass is 9.96. The van der Waals surface area contributed by atoms with Crippen LogP contribution in [0.5, 0.6) is 0 Å². The van der Waals surface area contributed by atoms with Gasteiger partial charge in [-0.2, -0.15) is 0 Å². The van der Waals surface area contributed by atoms with E-state index >= 15 is 0 Å². The Labute approximate surface area is 91.6 Å².